The molecule has 0 amide bonds. The van der Waals surface area contributed by atoms with Crippen molar-refractivity contribution in [2.24, 2.45) is 5.73 Å². The summed E-state index contributed by atoms with van der Waals surface area (Å²) in [5.41, 5.74) is 9.52. The van der Waals surface area contributed by atoms with E-state index in [4.69, 9.17) is 17.3 Å². The number of para-hydroxylation sites is 1. The summed E-state index contributed by atoms with van der Waals surface area (Å²) in [6, 6.07) is 14.4. The molecule has 2 aromatic carbocycles. The molecule has 0 radical (unpaired) electrons. The first-order chi connectivity index (χ1) is 9.54. The number of halogens is 2. The van der Waals surface area contributed by atoms with Crippen LogP contribution in [-0.2, 0) is 0 Å². The zero-order valence-corrected chi connectivity index (χ0v) is 13.9. The number of anilines is 1. The number of likely N-dealkylation sites (N-methyl/N-ethyl adjacent to an activating group) is 1. The van der Waals surface area contributed by atoms with Crippen molar-refractivity contribution in [1.29, 1.82) is 0 Å². The Bertz CT molecular complexity index is 601. The summed E-state index contributed by atoms with van der Waals surface area (Å²) in [6.07, 6.45) is 0. The molecular weight excluding hydrogens is 336 g/mol. The first-order valence-electron chi connectivity index (χ1n) is 6.48. The van der Waals surface area contributed by atoms with E-state index in [1.165, 1.54) is 11.3 Å². The number of nitrogens with two attached hydrogens (primary N) is 1. The van der Waals surface area contributed by atoms with Crippen molar-refractivity contribution in [1.82, 2.24) is 0 Å². The average Bonchev–Trinajstić information content (AvgIpc) is 2.44. The summed E-state index contributed by atoms with van der Waals surface area (Å²) in [6.45, 7) is 2.64. The topological polar surface area (TPSA) is 29.3 Å². The first kappa shape index (κ1) is 15.4. The minimum absolute atomic E-state index is 0.0988. The van der Waals surface area contributed by atoms with Crippen molar-refractivity contribution in [2.75, 3.05) is 18.5 Å². The van der Waals surface area contributed by atoms with Gasteiger partial charge in [0.25, 0.3) is 0 Å². The molecule has 106 valence electrons. The maximum absolute atomic E-state index is 6.19. The number of hydrogen-bond acceptors (Lipinski definition) is 2. The molecule has 0 saturated carbocycles. The highest BCUT2D eigenvalue weighted by atomic mass is 79.9. The van der Waals surface area contributed by atoms with Crippen LogP contribution in [0.15, 0.2) is 46.9 Å². The van der Waals surface area contributed by atoms with Crippen LogP contribution in [0.1, 0.15) is 17.2 Å². The van der Waals surface area contributed by atoms with Crippen molar-refractivity contribution in [2.45, 2.75) is 13.0 Å². The number of nitrogens with zero attached hydrogens (tertiary/aromatic N) is 1. The Balaban J connectivity index is 2.36. The molecule has 1 unspecified atom stereocenters. The van der Waals surface area contributed by atoms with Crippen LogP contribution < -0.4 is 10.6 Å². The van der Waals surface area contributed by atoms with Gasteiger partial charge in [0.2, 0.25) is 0 Å². The minimum Gasteiger partial charge on any atom is -0.366 e. The molecule has 0 fully saturated rings. The number of rotatable bonds is 4. The van der Waals surface area contributed by atoms with Gasteiger partial charge in [-0.2, -0.15) is 0 Å². The lowest BCUT2D eigenvalue weighted by Crippen LogP contribution is -2.30. The molecule has 2 N–H and O–H groups in total. The van der Waals surface area contributed by atoms with E-state index < -0.39 is 0 Å². The second kappa shape index (κ2) is 6.61. The quantitative estimate of drug-likeness (QED) is 0.874. The van der Waals surface area contributed by atoms with Gasteiger partial charge in [-0.1, -0.05) is 35.9 Å². The van der Waals surface area contributed by atoms with Crippen molar-refractivity contribution in [3.8, 4) is 0 Å². The molecule has 2 aromatic rings. The Labute approximate surface area is 133 Å². The van der Waals surface area contributed by atoms with E-state index in [0.29, 0.717) is 11.6 Å². The number of hydrogen-bond donors (Lipinski definition) is 1. The van der Waals surface area contributed by atoms with Gasteiger partial charge in [0.1, 0.15) is 0 Å². The summed E-state index contributed by atoms with van der Waals surface area (Å²) in [5, 5.41) is 0.708. The van der Waals surface area contributed by atoms with Crippen molar-refractivity contribution in [3.63, 3.8) is 0 Å². The Morgan fingerprint density at radius 2 is 1.95 bits per heavy atom. The van der Waals surface area contributed by atoms with Crippen LogP contribution in [0.2, 0.25) is 5.02 Å². The van der Waals surface area contributed by atoms with Gasteiger partial charge in [-0.05, 0) is 52.2 Å². The van der Waals surface area contributed by atoms with Gasteiger partial charge in [0.15, 0.2) is 0 Å². The highest BCUT2D eigenvalue weighted by Gasteiger charge is 2.18. The smallest absolute Gasteiger partial charge is 0.0662 e. The predicted molar refractivity (Wildman–Crippen MR) is 90.5 cm³/mol. The zero-order chi connectivity index (χ0) is 14.7. The van der Waals surface area contributed by atoms with Crippen LogP contribution in [0.25, 0.3) is 0 Å². The van der Waals surface area contributed by atoms with Gasteiger partial charge in [-0.15, -0.1) is 0 Å². The minimum atomic E-state index is 0.0988. The molecule has 0 aliphatic heterocycles. The van der Waals surface area contributed by atoms with Crippen LogP contribution >= 0.6 is 27.5 Å². The molecule has 4 heteroatoms. The van der Waals surface area contributed by atoms with Crippen LogP contribution in [0.4, 0.5) is 5.69 Å². The lowest BCUT2D eigenvalue weighted by atomic mass is 10.0. The fourth-order valence-electron chi connectivity index (χ4n) is 2.36. The summed E-state index contributed by atoms with van der Waals surface area (Å²) in [7, 11) is 2.07. The zero-order valence-electron chi connectivity index (χ0n) is 11.6. The molecule has 0 bridgehead atoms. The largest absolute Gasteiger partial charge is 0.366 e. The van der Waals surface area contributed by atoms with E-state index in [2.05, 4.69) is 53.0 Å². The van der Waals surface area contributed by atoms with Gasteiger partial charge >= 0.3 is 0 Å². The highest BCUT2D eigenvalue weighted by molar-refractivity contribution is 9.10. The van der Waals surface area contributed by atoms with E-state index in [1.54, 1.807) is 0 Å². The summed E-state index contributed by atoms with van der Waals surface area (Å²) >= 11 is 9.61. The molecule has 2 nitrogen and oxygen atoms in total. The van der Waals surface area contributed by atoms with Crippen molar-refractivity contribution in [3.05, 3.63) is 63.1 Å². The lowest BCUT2D eigenvalue weighted by Gasteiger charge is -2.31. The third-order valence-corrected chi connectivity index (χ3v) is 4.75. The lowest BCUT2D eigenvalue weighted by molar-refractivity contribution is 0.679. The van der Waals surface area contributed by atoms with Crippen LogP contribution in [0.3, 0.4) is 0 Å². The van der Waals surface area contributed by atoms with Crippen LogP contribution in [-0.4, -0.2) is 13.6 Å². The fraction of sp³-hybridized carbons (Fsp3) is 0.250. The maximum Gasteiger partial charge on any atom is 0.0662 e. The normalized spacial score (nSPS) is 12.2. The van der Waals surface area contributed by atoms with E-state index in [0.717, 1.165) is 10.0 Å². The number of benzene rings is 2. The van der Waals surface area contributed by atoms with Crippen molar-refractivity contribution < 1.29 is 0 Å². The molecule has 0 spiro atoms. The Hall–Kier alpha value is -1.03. The van der Waals surface area contributed by atoms with Crippen molar-refractivity contribution >= 4 is 33.2 Å². The van der Waals surface area contributed by atoms with E-state index in [1.807, 2.05) is 24.3 Å². The molecule has 0 aliphatic carbocycles. The second-order valence-electron chi connectivity index (χ2n) is 4.82. The third kappa shape index (κ3) is 3.17. The molecule has 2 rings (SSSR count). The van der Waals surface area contributed by atoms with E-state index in [9.17, 15) is 0 Å². The summed E-state index contributed by atoms with van der Waals surface area (Å²) in [5.74, 6) is 0. The Morgan fingerprint density at radius 3 is 2.55 bits per heavy atom. The van der Waals surface area contributed by atoms with Gasteiger partial charge in [-0.25, -0.2) is 0 Å². The molecule has 1 atom stereocenters. The second-order valence-corrected chi connectivity index (χ2v) is 6.08. The molecular formula is C16H18BrClN2. The fourth-order valence-corrected chi connectivity index (χ4v) is 2.80. The monoisotopic (exact) mass is 352 g/mol. The Morgan fingerprint density at radius 1 is 1.25 bits per heavy atom. The van der Waals surface area contributed by atoms with Crippen LogP contribution in [0, 0.1) is 6.92 Å². The van der Waals surface area contributed by atoms with Crippen LogP contribution in [0.5, 0.6) is 0 Å². The first-order valence-corrected chi connectivity index (χ1v) is 7.65. The van der Waals surface area contributed by atoms with Gasteiger partial charge in [0, 0.05) is 23.8 Å². The van der Waals surface area contributed by atoms with Gasteiger partial charge in [0.05, 0.1) is 11.1 Å². The average molecular weight is 354 g/mol. The molecule has 0 saturated heterocycles. The third-order valence-electron chi connectivity index (χ3n) is 3.51. The Kier molecular flexibility index (Phi) is 5.08. The maximum atomic E-state index is 6.19. The molecule has 20 heavy (non-hydrogen) atoms. The SMILES string of the molecule is Cc1ccccc1N(C)C(CN)c1ccc(Br)c(Cl)c1. The summed E-state index contributed by atoms with van der Waals surface area (Å²) in [4.78, 5) is 2.20. The van der Waals surface area contributed by atoms with Gasteiger partial charge in [-0.3, -0.25) is 0 Å². The summed E-state index contributed by atoms with van der Waals surface area (Å²) < 4.78 is 0.900. The molecule has 0 aliphatic rings. The standard InChI is InChI=1S/C16H18BrClN2/c1-11-5-3-4-6-15(11)20(2)16(10-19)12-7-8-13(17)14(18)9-12/h3-9,16H,10,19H2,1-2H3. The van der Waals surface area contributed by atoms with E-state index in [-0.39, 0.29) is 6.04 Å². The van der Waals surface area contributed by atoms with Gasteiger partial charge < -0.3 is 10.6 Å². The van der Waals surface area contributed by atoms with E-state index >= 15 is 0 Å². The highest BCUT2D eigenvalue weighted by Crippen LogP contribution is 2.31. The predicted octanol–water partition coefficient (Wildman–Crippen LogP) is 4.55. The molecule has 0 aromatic heterocycles. The number of aryl methyl sites for hydroxylation is 1. The molecule has 0 heterocycles.